The van der Waals surface area contributed by atoms with E-state index in [0.717, 1.165) is 82.6 Å². The summed E-state index contributed by atoms with van der Waals surface area (Å²) in [4.78, 5) is 41.3. The smallest absolute Gasteiger partial charge is 0.416 e. The Balaban J connectivity index is 0.000000179. The highest BCUT2D eigenvalue weighted by atomic mass is 79.9. The van der Waals surface area contributed by atoms with E-state index in [1.165, 1.54) is 60.3 Å². The molecule has 0 atom stereocenters. The summed E-state index contributed by atoms with van der Waals surface area (Å²) in [7, 11) is 0. The van der Waals surface area contributed by atoms with Gasteiger partial charge < -0.3 is 33.7 Å². The number of H-pyrrole nitrogens is 1. The number of carbonyl (C=O) groups is 2. The highest BCUT2D eigenvalue weighted by molar-refractivity contribution is 9.08. The molecule has 102 heavy (non-hydrogen) atoms. The van der Waals surface area contributed by atoms with Crippen LogP contribution in [0.15, 0.2) is 189 Å². The van der Waals surface area contributed by atoms with E-state index in [9.17, 15) is 100 Å². The summed E-state index contributed by atoms with van der Waals surface area (Å²) in [5.41, 5.74) is 1.01. The number of aromatic nitrogens is 10. The van der Waals surface area contributed by atoms with Gasteiger partial charge in [0.15, 0.2) is 17.2 Å². The minimum Gasteiger partial charge on any atom is -0.461 e. The summed E-state index contributed by atoms with van der Waals surface area (Å²) < 4.78 is 232. The van der Waals surface area contributed by atoms with Gasteiger partial charge in [0.05, 0.1) is 100 Å². The molecule has 0 saturated carbocycles. The van der Waals surface area contributed by atoms with Crippen molar-refractivity contribution in [2.45, 2.75) is 49.7 Å². The Morgan fingerprint density at radius 3 is 1.38 bits per heavy atom. The number of hydrogen-bond acceptors (Lipinski definition) is 18. The molecule has 0 bridgehead atoms. The molecule has 8 aromatic heterocycles. The van der Waals surface area contributed by atoms with Gasteiger partial charge in [0.1, 0.15) is 41.9 Å². The van der Waals surface area contributed by atoms with Gasteiger partial charge in [-0.2, -0.15) is 73.1 Å². The van der Waals surface area contributed by atoms with Crippen LogP contribution in [-0.4, -0.2) is 72.1 Å². The third-order valence-corrected chi connectivity index (χ3v) is 13.2. The highest BCUT2D eigenvalue weighted by Gasteiger charge is 2.36. The van der Waals surface area contributed by atoms with E-state index in [1.54, 1.807) is 24.3 Å². The van der Waals surface area contributed by atoms with Gasteiger partial charge in [-0.25, -0.2) is 17.6 Å². The number of ether oxygens (including phenoxy) is 1. The number of nitrogens with one attached hydrogen (secondary N) is 2. The molecule has 4 N–H and O–H groups in total. The third-order valence-electron chi connectivity index (χ3n) is 12.6. The minimum atomic E-state index is -4.64. The largest absolute Gasteiger partial charge is 0.461 e. The van der Waals surface area contributed by atoms with Crippen molar-refractivity contribution in [3.8, 4) is 28.9 Å². The lowest BCUT2D eigenvalue weighted by atomic mass is 10.1. The van der Waals surface area contributed by atoms with Crippen LogP contribution in [0.2, 0.25) is 0 Å². The zero-order chi connectivity index (χ0) is 74.7. The normalized spacial score (nSPS) is 11.2. The van der Waals surface area contributed by atoms with Crippen molar-refractivity contribution in [1.82, 2.24) is 49.9 Å². The number of nitrogens with zero attached hydrogens (tertiary/aromatic N) is 11. The Hall–Kier alpha value is -12.4. The van der Waals surface area contributed by atoms with Gasteiger partial charge in [-0.15, -0.1) is 0 Å². The number of nitrogens with two attached hydrogens (primary N) is 1. The van der Waals surface area contributed by atoms with Crippen LogP contribution in [0.4, 0.5) is 93.0 Å². The summed E-state index contributed by atoms with van der Waals surface area (Å²) in [6.07, 6.45) is -5.75. The average Bonchev–Trinajstić information content (AvgIpc) is 1.16. The van der Waals surface area contributed by atoms with Crippen molar-refractivity contribution in [2.24, 2.45) is 0 Å². The monoisotopic (exact) mass is 1520 g/mol. The minimum absolute atomic E-state index is 0.00926. The summed E-state index contributed by atoms with van der Waals surface area (Å²) >= 11 is 2.87. The molecule has 12 rings (SSSR count). The van der Waals surface area contributed by atoms with E-state index >= 15 is 0 Å². The summed E-state index contributed by atoms with van der Waals surface area (Å²) in [5, 5.41) is 46.8. The molecule has 4 aromatic carbocycles. The van der Waals surface area contributed by atoms with Crippen LogP contribution in [0.1, 0.15) is 55.0 Å². The van der Waals surface area contributed by atoms with E-state index in [2.05, 4.69) is 61.8 Å². The number of hydrogen-bond donors (Lipinski definition) is 3. The fourth-order valence-electron chi connectivity index (χ4n) is 8.25. The summed E-state index contributed by atoms with van der Waals surface area (Å²) in [5.74, 6) is -1.90. The lowest BCUT2D eigenvalue weighted by Crippen LogP contribution is -2.13. The molecule has 0 spiro atoms. The molecule has 25 nitrogen and oxygen atoms in total. The average molecular weight is 1520 g/mol. The van der Waals surface area contributed by atoms with Gasteiger partial charge in [-0.05, 0) is 124 Å². The molecule has 0 saturated heterocycles. The van der Waals surface area contributed by atoms with Crippen LogP contribution in [0.25, 0.3) is 23.0 Å². The number of anilines is 2. The van der Waals surface area contributed by atoms with E-state index in [4.69, 9.17) is 23.6 Å². The Kier molecular flexibility index (Phi) is 25.6. The summed E-state index contributed by atoms with van der Waals surface area (Å²) in [6, 6.07) is 18.6. The number of carbonyl (C=O) groups excluding carboxylic acids is 2. The first-order valence-electron chi connectivity index (χ1n) is 27.6. The number of nitrogen functional groups attached to an aromatic ring is 1. The van der Waals surface area contributed by atoms with Crippen LogP contribution in [0.3, 0.4) is 0 Å². The molecular weight excluding hydrogens is 1480 g/mol. The number of rotatable bonds is 15. The van der Waals surface area contributed by atoms with Crippen molar-refractivity contribution in [2.75, 3.05) is 11.1 Å². The maximum Gasteiger partial charge on any atom is 0.416 e. The van der Waals surface area contributed by atoms with Crippen LogP contribution < -0.4 is 15.8 Å². The lowest BCUT2D eigenvalue weighted by molar-refractivity contribution is -0.385. The number of aromatic amines is 1. The van der Waals surface area contributed by atoms with Gasteiger partial charge in [-0.1, -0.05) is 21.1 Å². The molecule has 12 aromatic rings. The molecule has 0 aliphatic heterocycles. The van der Waals surface area contributed by atoms with Gasteiger partial charge >= 0.3 is 36.1 Å². The van der Waals surface area contributed by atoms with Crippen molar-refractivity contribution >= 4 is 51.1 Å². The van der Waals surface area contributed by atoms with Gasteiger partial charge in [0.25, 0.3) is 18.3 Å². The van der Waals surface area contributed by atoms with Crippen molar-refractivity contribution < 1.29 is 112 Å². The molecule has 0 unspecified atom stereocenters. The van der Waals surface area contributed by atoms with Gasteiger partial charge in [0, 0.05) is 23.8 Å². The Labute approximate surface area is 566 Å². The van der Waals surface area contributed by atoms with E-state index in [0.29, 0.717) is 41.2 Å². The van der Waals surface area contributed by atoms with Crippen LogP contribution >= 0.6 is 15.9 Å². The summed E-state index contributed by atoms with van der Waals surface area (Å²) in [6.45, 7) is -0.664. The zero-order valence-electron chi connectivity index (χ0n) is 50.5. The maximum atomic E-state index is 13.4. The predicted octanol–water partition coefficient (Wildman–Crippen LogP) is 15.8. The van der Waals surface area contributed by atoms with Crippen LogP contribution in [-0.2, 0) is 54.5 Å². The zero-order valence-corrected chi connectivity index (χ0v) is 52.1. The maximum absolute atomic E-state index is 13.4. The van der Waals surface area contributed by atoms with E-state index < -0.39 is 92.5 Å². The number of furan rings is 2. The van der Waals surface area contributed by atoms with Crippen LogP contribution in [0, 0.1) is 43.5 Å². The molecule has 0 aliphatic carbocycles. The molecule has 1 amide bonds. The fraction of sp³-hybridized carbons (Fsp3) is 0.133. The van der Waals surface area contributed by atoms with Gasteiger partial charge in [-0.3, -0.25) is 49.0 Å². The Morgan fingerprint density at radius 1 is 0.559 bits per heavy atom. The third kappa shape index (κ3) is 22.6. The number of halogens is 17. The van der Waals surface area contributed by atoms with Crippen LogP contribution in [0.5, 0.6) is 5.88 Å². The van der Waals surface area contributed by atoms with Crippen molar-refractivity contribution in [1.29, 1.82) is 0 Å². The quantitative estimate of drug-likeness (QED) is 0.0282. The first-order valence-corrected chi connectivity index (χ1v) is 28.7. The number of alkyl halides is 13. The SMILES string of the molecule is Fc1ccc(C(F)(F)F)c(CBr)c1.Nc1cnn(Cc2cc(F)ccc2C(F)(F)F)c1.O=C(Nc1cnn(Cc2cc(F)ccc2C(F)(F)F)c1)c1cc(-c2ccco2)on1.O=COc1cc(-c2ccco2)on1.O=[N+]([O-])c1cn[nH]c1.O=[N+]([O-])c1cnn(Cc2cc(F)ccc2C(F)(F)F)c1. The molecule has 0 aliphatic rings. The Morgan fingerprint density at radius 2 is 0.990 bits per heavy atom. The van der Waals surface area contributed by atoms with E-state index in [-0.39, 0.29) is 81.5 Å². The second-order valence-electron chi connectivity index (χ2n) is 19.8. The predicted molar refractivity (Wildman–Crippen MR) is 322 cm³/mol. The molecular formula is C60H41BrF16N14O11. The van der Waals surface area contributed by atoms with Crippen molar-refractivity contribution in [3.63, 3.8) is 0 Å². The molecule has 0 radical (unpaired) electrons. The first-order chi connectivity index (χ1) is 48.1. The number of nitro groups is 2. The number of benzene rings is 4. The second-order valence-corrected chi connectivity index (χ2v) is 20.4. The molecule has 0 fully saturated rings. The standard InChI is InChI=1S/C19H12F4N4O3.C11H7F4N3O2.C11H9F4N3.C8H5BrF4.C8H5NO4.C3H3N3O2/c20-12-3-4-14(19(21,22)23)11(6-12)9-27-10-13(8-24-27)25-18(28)15-7-17(30-26-15)16-2-1-5-29-16;12-8-1-2-10(11(13,14)15)7(3-8)5-17-6-9(4-16-17)18(19)20;12-8-1-2-10(11(13,14)15)7(3-8)5-18-6-9(16)4-17-18;9-4-5-3-6(10)1-2-7(5)8(11,12)13;10-5-12-8-4-7(13-9-8)6-2-1-3-11-6;7-6(8)3-1-4-5-2-3/h1-8,10H,9H2,(H,25,28);1-4,6H,5H2;1-4,6H,5,16H2;1-3H,4H2;1-5H;1-2H,(H,4,5). The highest BCUT2D eigenvalue weighted by Crippen LogP contribution is 2.37. The molecule has 42 heteroatoms. The van der Waals surface area contributed by atoms with Gasteiger partial charge in [0.2, 0.25) is 11.5 Å². The first kappa shape index (κ1) is 77.0. The molecule has 536 valence electrons. The lowest BCUT2D eigenvalue weighted by Gasteiger charge is -2.12. The topological polar surface area (TPSA) is 328 Å². The Bertz CT molecular complexity index is 4720. The molecule has 8 heterocycles. The second kappa shape index (κ2) is 33.9. The fourth-order valence-corrected chi connectivity index (χ4v) is 8.71. The number of amides is 1. The van der Waals surface area contributed by atoms with E-state index in [1.807, 2.05) is 0 Å². The van der Waals surface area contributed by atoms with Crippen molar-refractivity contribution in [3.05, 3.63) is 265 Å².